The van der Waals surface area contributed by atoms with Crippen molar-refractivity contribution in [3.8, 4) is 0 Å². The van der Waals surface area contributed by atoms with Crippen molar-refractivity contribution in [1.29, 1.82) is 0 Å². The Bertz CT molecular complexity index is 524. The van der Waals surface area contributed by atoms with E-state index >= 15 is 0 Å². The predicted octanol–water partition coefficient (Wildman–Crippen LogP) is 3.03. The van der Waals surface area contributed by atoms with Gasteiger partial charge in [-0.25, -0.2) is 4.79 Å². The van der Waals surface area contributed by atoms with Crippen LogP contribution in [-0.4, -0.2) is 15.9 Å². The smallest absolute Gasteiger partial charge is 0.336 e. The van der Waals surface area contributed by atoms with E-state index in [0.29, 0.717) is 4.86 Å². The number of allylic oxidation sites excluding steroid dienone is 3. The molecule has 1 atom stereocenters. The van der Waals surface area contributed by atoms with Gasteiger partial charge in [-0.1, -0.05) is 54.2 Å². The maximum atomic E-state index is 11.0. The topological polar surface area (TPSA) is 37.3 Å². The second-order valence-corrected chi connectivity index (χ2v) is 4.46. The first-order valence-electron chi connectivity index (χ1n) is 5.32. The summed E-state index contributed by atoms with van der Waals surface area (Å²) in [6, 6.07) is 7.98. The first kappa shape index (κ1) is 11.7. The average Bonchev–Trinajstić information content (AvgIpc) is 2.30. The van der Waals surface area contributed by atoms with Gasteiger partial charge in [0.05, 0.1) is 5.57 Å². The van der Waals surface area contributed by atoms with Crippen molar-refractivity contribution < 1.29 is 9.90 Å². The zero-order valence-electron chi connectivity index (χ0n) is 9.38. The van der Waals surface area contributed by atoms with Crippen LogP contribution >= 0.6 is 12.2 Å². The highest BCUT2D eigenvalue weighted by molar-refractivity contribution is 7.81. The number of benzene rings is 1. The molecule has 0 amide bonds. The molecule has 0 fully saturated rings. The van der Waals surface area contributed by atoms with Crippen LogP contribution in [0.3, 0.4) is 0 Å². The Morgan fingerprint density at radius 3 is 2.53 bits per heavy atom. The van der Waals surface area contributed by atoms with Gasteiger partial charge in [0.2, 0.25) is 0 Å². The van der Waals surface area contributed by atoms with Crippen LogP contribution in [0, 0.1) is 6.92 Å². The van der Waals surface area contributed by atoms with Crippen molar-refractivity contribution in [2.24, 2.45) is 0 Å². The van der Waals surface area contributed by atoms with Crippen LogP contribution in [0.2, 0.25) is 0 Å². The van der Waals surface area contributed by atoms with Crippen molar-refractivity contribution in [1.82, 2.24) is 0 Å². The molecule has 0 saturated carbocycles. The third kappa shape index (κ3) is 2.34. The van der Waals surface area contributed by atoms with E-state index in [0.717, 1.165) is 5.56 Å². The Hall–Kier alpha value is -1.74. The fourth-order valence-corrected chi connectivity index (χ4v) is 2.18. The molecule has 2 nitrogen and oxygen atoms in total. The predicted molar refractivity (Wildman–Crippen MR) is 71.4 cm³/mol. The standard InChI is InChI=1S/C14H12O2S/c1-9-5-7-10(8-6-9)11-3-2-4-12(13(11)17)14(15)16/h2-8,11H,1H3,(H,15,16). The number of carbonyl (C=O) groups is 1. The van der Waals surface area contributed by atoms with Gasteiger partial charge >= 0.3 is 5.97 Å². The molecule has 1 aliphatic rings. The summed E-state index contributed by atoms with van der Waals surface area (Å²) >= 11 is 5.24. The quantitative estimate of drug-likeness (QED) is 0.812. The van der Waals surface area contributed by atoms with Crippen molar-refractivity contribution in [2.45, 2.75) is 12.8 Å². The molecule has 1 aromatic carbocycles. The first-order chi connectivity index (χ1) is 8.09. The Kier molecular flexibility index (Phi) is 3.20. The molecule has 1 N–H and O–H groups in total. The summed E-state index contributed by atoms with van der Waals surface area (Å²) in [5, 5.41) is 9.03. The molecule has 0 heterocycles. The van der Waals surface area contributed by atoms with Gasteiger partial charge in [0.25, 0.3) is 0 Å². The number of aliphatic carboxylic acids is 1. The van der Waals surface area contributed by atoms with Gasteiger partial charge in [0, 0.05) is 10.8 Å². The minimum atomic E-state index is -0.962. The summed E-state index contributed by atoms with van der Waals surface area (Å²) in [5.74, 6) is -1.07. The maximum Gasteiger partial charge on any atom is 0.336 e. The van der Waals surface area contributed by atoms with Crippen LogP contribution in [-0.2, 0) is 4.79 Å². The fourth-order valence-electron chi connectivity index (χ4n) is 1.81. The van der Waals surface area contributed by atoms with Gasteiger partial charge in [-0.3, -0.25) is 0 Å². The zero-order valence-corrected chi connectivity index (χ0v) is 10.2. The molecule has 1 aromatic rings. The molecule has 0 spiro atoms. The highest BCUT2D eigenvalue weighted by Crippen LogP contribution is 2.27. The lowest BCUT2D eigenvalue weighted by atomic mass is 9.87. The van der Waals surface area contributed by atoms with Gasteiger partial charge < -0.3 is 5.11 Å². The number of aryl methyl sites for hydroxylation is 1. The Morgan fingerprint density at radius 2 is 1.94 bits per heavy atom. The molecule has 2 rings (SSSR count). The molecule has 0 radical (unpaired) electrons. The normalized spacial score (nSPS) is 19.0. The van der Waals surface area contributed by atoms with Gasteiger partial charge in [-0.2, -0.15) is 0 Å². The highest BCUT2D eigenvalue weighted by atomic mass is 32.1. The molecule has 1 unspecified atom stereocenters. The Balaban J connectivity index is 2.34. The van der Waals surface area contributed by atoms with Gasteiger partial charge in [-0.05, 0) is 18.6 Å². The monoisotopic (exact) mass is 244 g/mol. The van der Waals surface area contributed by atoms with Crippen LogP contribution in [0.25, 0.3) is 0 Å². The summed E-state index contributed by atoms with van der Waals surface area (Å²) in [4.78, 5) is 11.5. The third-order valence-corrected chi connectivity index (χ3v) is 3.26. The van der Waals surface area contributed by atoms with Gasteiger partial charge in [0.1, 0.15) is 0 Å². The third-order valence-electron chi connectivity index (χ3n) is 2.78. The minimum absolute atomic E-state index is 0.110. The van der Waals surface area contributed by atoms with Crippen molar-refractivity contribution >= 4 is 23.1 Å². The summed E-state index contributed by atoms with van der Waals surface area (Å²) in [6.45, 7) is 2.02. The van der Waals surface area contributed by atoms with E-state index in [1.54, 1.807) is 12.2 Å². The number of rotatable bonds is 2. The molecule has 17 heavy (non-hydrogen) atoms. The van der Waals surface area contributed by atoms with E-state index < -0.39 is 5.97 Å². The molecule has 0 aromatic heterocycles. The fraction of sp³-hybridized carbons (Fsp3) is 0.143. The van der Waals surface area contributed by atoms with Crippen molar-refractivity contribution in [2.75, 3.05) is 0 Å². The van der Waals surface area contributed by atoms with E-state index in [2.05, 4.69) is 0 Å². The van der Waals surface area contributed by atoms with Gasteiger partial charge in [0.15, 0.2) is 0 Å². The summed E-state index contributed by atoms with van der Waals surface area (Å²) in [5.41, 5.74) is 2.42. The van der Waals surface area contributed by atoms with Crippen LogP contribution in [0.1, 0.15) is 17.0 Å². The lowest BCUT2D eigenvalue weighted by Gasteiger charge is -2.18. The largest absolute Gasteiger partial charge is 0.478 e. The van der Waals surface area contributed by atoms with Crippen LogP contribution in [0.15, 0.2) is 48.1 Å². The molecular formula is C14H12O2S. The SMILES string of the molecule is Cc1ccc(C2C=CC=C(C(=O)O)C2=S)cc1. The van der Waals surface area contributed by atoms with Gasteiger partial charge in [-0.15, -0.1) is 0 Å². The van der Waals surface area contributed by atoms with Crippen LogP contribution < -0.4 is 0 Å². The summed E-state index contributed by atoms with van der Waals surface area (Å²) in [6.07, 6.45) is 5.23. The van der Waals surface area contributed by atoms with E-state index in [-0.39, 0.29) is 11.5 Å². The first-order valence-corrected chi connectivity index (χ1v) is 5.73. The maximum absolute atomic E-state index is 11.0. The molecule has 1 aliphatic carbocycles. The molecule has 0 saturated heterocycles. The Labute approximate surface area is 105 Å². The van der Waals surface area contributed by atoms with E-state index in [1.807, 2.05) is 37.3 Å². The van der Waals surface area contributed by atoms with E-state index in [1.165, 1.54) is 5.56 Å². The number of thiocarbonyl (C=S) groups is 1. The zero-order chi connectivity index (χ0) is 12.4. The van der Waals surface area contributed by atoms with Crippen molar-refractivity contribution in [3.63, 3.8) is 0 Å². The number of carboxylic acids is 1. The second kappa shape index (κ2) is 4.63. The molecular weight excluding hydrogens is 232 g/mol. The summed E-state index contributed by atoms with van der Waals surface area (Å²) < 4.78 is 0. The van der Waals surface area contributed by atoms with Crippen molar-refractivity contribution in [3.05, 3.63) is 59.2 Å². The minimum Gasteiger partial charge on any atom is -0.478 e. The van der Waals surface area contributed by atoms with E-state index in [9.17, 15) is 4.79 Å². The molecule has 0 bridgehead atoms. The average molecular weight is 244 g/mol. The second-order valence-electron chi connectivity index (χ2n) is 4.02. The number of hydrogen-bond donors (Lipinski definition) is 1. The van der Waals surface area contributed by atoms with Crippen LogP contribution in [0.4, 0.5) is 0 Å². The molecule has 3 heteroatoms. The summed E-state index contributed by atoms with van der Waals surface area (Å²) in [7, 11) is 0. The lowest BCUT2D eigenvalue weighted by molar-refractivity contribution is -0.132. The molecule has 0 aliphatic heterocycles. The molecule has 86 valence electrons. The lowest BCUT2D eigenvalue weighted by Crippen LogP contribution is -2.19. The number of hydrogen-bond acceptors (Lipinski definition) is 2. The highest BCUT2D eigenvalue weighted by Gasteiger charge is 2.23. The Morgan fingerprint density at radius 1 is 1.29 bits per heavy atom. The van der Waals surface area contributed by atoms with Crippen LogP contribution in [0.5, 0.6) is 0 Å². The van der Waals surface area contributed by atoms with E-state index in [4.69, 9.17) is 17.3 Å². The number of carboxylic acid groups (broad SMARTS) is 1.